The van der Waals surface area contributed by atoms with Gasteiger partial charge in [-0.3, -0.25) is 4.79 Å². The van der Waals surface area contributed by atoms with Crippen LogP contribution in [-0.4, -0.2) is 17.2 Å². The van der Waals surface area contributed by atoms with Crippen LogP contribution in [0, 0.1) is 5.41 Å². The molecule has 0 radical (unpaired) electrons. The molecule has 0 saturated heterocycles. The predicted octanol–water partition coefficient (Wildman–Crippen LogP) is 3.60. The molecular formula is C15H21NO4. The van der Waals surface area contributed by atoms with E-state index in [1.54, 1.807) is 6.26 Å². The second-order valence-corrected chi connectivity index (χ2v) is 5.80. The zero-order valence-corrected chi connectivity index (χ0v) is 12.4. The average molecular weight is 279 g/mol. The van der Waals surface area contributed by atoms with Gasteiger partial charge in [0.15, 0.2) is 5.58 Å². The Morgan fingerprint density at radius 1 is 1.45 bits per heavy atom. The maximum absolute atomic E-state index is 11.8. The zero-order chi connectivity index (χ0) is 14.8. The molecule has 0 amide bonds. The Bertz CT molecular complexity index is 547. The van der Waals surface area contributed by atoms with Crippen molar-refractivity contribution in [3.05, 3.63) is 24.1 Å². The van der Waals surface area contributed by atoms with Gasteiger partial charge in [0.2, 0.25) is 6.29 Å². The fourth-order valence-corrected chi connectivity index (χ4v) is 1.70. The average Bonchev–Trinajstić information content (AvgIpc) is 2.93. The molecule has 0 aliphatic rings. The first-order chi connectivity index (χ1) is 9.40. The monoisotopic (exact) mass is 279 g/mol. The van der Waals surface area contributed by atoms with Crippen LogP contribution >= 0.6 is 0 Å². The lowest BCUT2D eigenvalue weighted by atomic mass is 9.97. The van der Waals surface area contributed by atoms with Gasteiger partial charge in [-0.05, 0) is 20.8 Å². The molecule has 2 aromatic rings. The number of aromatic amines is 1. The highest BCUT2D eigenvalue weighted by Crippen LogP contribution is 2.20. The Balaban J connectivity index is 1.90. The van der Waals surface area contributed by atoms with E-state index >= 15 is 0 Å². The number of fused-ring (bicyclic) bond motifs is 1. The van der Waals surface area contributed by atoms with E-state index in [0.29, 0.717) is 13.0 Å². The van der Waals surface area contributed by atoms with Crippen molar-refractivity contribution >= 4 is 17.1 Å². The fraction of sp³-hybridized carbons (Fsp3) is 0.533. The van der Waals surface area contributed by atoms with Gasteiger partial charge >= 0.3 is 5.97 Å². The Kier molecular flexibility index (Phi) is 4.18. The number of hydrogen-bond acceptors (Lipinski definition) is 4. The largest absolute Gasteiger partial charge is 0.463 e. The van der Waals surface area contributed by atoms with Crippen LogP contribution in [-0.2, 0) is 20.9 Å². The van der Waals surface area contributed by atoms with Crippen LogP contribution in [0.25, 0.3) is 11.1 Å². The molecule has 2 aromatic heterocycles. The maximum atomic E-state index is 11.8. The first-order valence-corrected chi connectivity index (χ1v) is 6.78. The van der Waals surface area contributed by atoms with Gasteiger partial charge < -0.3 is 18.9 Å². The van der Waals surface area contributed by atoms with Gasteiger partial charge in [-0.2, -0.15) is 0 Å². The van der Waals surface area contributed by atoms with Crippen LogP contribution in [0.2, 0.25) is 0 Å². The summed E-state index contributed by atoms with van der Waals surface area (Å²) in [5.41, 5.74) is 2.10. The molecule has 5 heteroatoms. The minimum Gasteiger partial charge on any atom is -0.463 e. The van der Waals surface area contributed by atoms with Gasteiger partial charge in [0.1, 0.15) is 0 Å². The Morgan fingerprint density at radius 2 is 2.20 bits per heavy atom. The van der Waals surface area contributed by atoms with E-state index in [4.69, 9.17) is 13.9 Å². The second-order valence-electron chi connectivity index (χ2n) is 5.80. The van der Waals surface area contributed by atoms with Crippen LogP contribution in [0.1, 0.15) is 39.8 Å². The lowest BCUT2D eigenvalue weighted by molar-refractivity contribution is -0.190. The number of H-pyrrole nitrogens is 1. The molecule has 0 aliphatic carbocycles. The smallest absolute Gasteiger partial charge is 0.313 e. The SMILES string of the molecule is CCC(OCc1cc2occc2[nH]1)OC(=O)C(C)(C)C. The van der Waals surface area contributed by atoms with E-state index in [9.17, 15) is 4.79 Å². The highest BCUT2D eigenvalue weighted by molar-refractivity contribution is 5.75. The molecular weight excluding hydrogens is 258 g/mol. The number of nitrogens with one attached hydrogen (secondary N) is 1. The summed E-state index contributed by atoms with van der Waals surface area (Å²) in [5, 5.41) is 0. The van der Waals surface area contributed by atoms with Gasteiger partial charge in [0.25, 0.3) is 0 Å². The van der Waals surface area contributed by atoms with E-state index in [1.807, 2.05) is 39.8 Å². The molecule has 0 fully saturated rings. The van der Waals surface area contributed by atoms with E-state index in [-0.39, 0.29) is 5.97 Å². The number of esters is 1. The third kappa shape index (κ3) is 3.42. The van der Waals surface area contributed by atoms with Crippen molar-refractivity contribution < 1.29 is 18.7 Å². The number of ether oxygens (including phenoxy) is 2. The number of hydrogen-bond donors (Lipinski definition) is 1. The highest BCUT2D eigenvalue weighted by Gasteiger charge is 2.26. The van der Waals surface area contributed by atoms with Crippen molar-refractivity contribution in [2.24, 2.45) is 5.41 Å². The van der Waals surface area contributed by atoms with Crippen LogP contribution in [0.5, 0.6) is 0 Å². The van der Waals surface area contributed by atoms with E-state index < -0.39 is 11.7 Å². The fourth-order valence-electron chi connectivity index (χ4n) is 1.70. The molecule has 1 atom stereocenters. The zero-order valence-electron chi connectivity index (χ0n) is 12.4. The number of carbonyl (C=O) groups excluding carboxylic acids is 1. The maximum Gasteiger partial charge on any atom is 0.313 e. The minimum atomic E-state index is -0.531. The quantitative estimate of drug-likeness (QED) is 0.671. The normalized spacial score (nSPS) is 13.6. The molecule has 110 valence electrons. The number of rotatable bonds is 5. The molecule has 0 bridgehead atoms. The Labute approximate surface area is 118 Å². The minimum absolute atomic E-state index is 0.260. The number of aromatic nitrogens is 1. The lowest BCUT2D eigenvalue weighted by Crippen LogP contribution is -2.29. The van der Waals surface area contributed by atoms with Gasteiger partial charge in [-0.1, -0.05) is 6.92 Å². The topological polar surface area (TPSA) is 64.5 Å². The van der Waals surface area contributed by atoms with Crippen molar-refractivity contribution in [3.8, 4) is 0 Å². The summed E-state index contributed by atoms with van der Waals surface area (Å²) in [6, 6.07) is 3.74. The molecule has 0 saturated carbocycles. The van der Waals surface area contributed by atoms with Crippen molar-refractivity contribution in [2.75, 3.05) is 0 Å². The van der Waals surface area contributed by atoms with Gasteiger partial charge in [-0.25, -0.2) is 0 Å². The first kappa shape index (κ1) is 14.7. The summed E-state index contributed by atoms with van der Waals surface area (Å²) in [7, 11) is 0. The Hall–Kier alpha value is -1.75. The number of carbonyl (C=O) groups is 1. The van der Waals surface area contributed by atoms with E-state index in [2.05, 4.69) is 4.98 Å². The molecule has 20 heavy (non-hydrogen) atoms. The highest BCUT2D eigenvalue weighted by atomic mass is 16.7. The van der Waals surface area contributed by atoms with Gasteiger partial charge in [-0.15, -0.1) is 0 Å². The van der Waals surface area contributed by atoms with Crippen molar-refractivity contribution in [1.29, 1.82) is 0 Å². The summed E-state index contributed by atoms with van der Waals surface area (Å²) in [5.74, 6) is -0.260. The van der Waals surface area contributed by atoms with Gasteiger partial charge in [0.05, 0.1) is 23.8 Å². The molecule has 1 unspecified atom stereocenters. The summed E-state index contributed by atoms with van der Waals surface area (Å²) in [4.78, 5) is 15.0. The van der Waals surface area contributed by atoms with Crippen molar-refractivity contribution in [2.45, 2.75) is 47.0 Å². The van der Waals surface area contributed by atoms with Crippen molar-refractivity contribution in [1.82, 2.24) is 4.98 Å². The third-order valence-electron chi connectivity index (χ3n) is 2.90. The lowest BCUT2D eigenvalue weighted by Gasteiger charge is -2.22. The van der Waals surface area contributed by atoms with E-state index in [0.717, 1.165) is 16.8 Å². The summed E-state index contributed by atoms with van der Waals surface area (Å²) < 4.78 is 16.2. The van der Waals surface area contributed by atoms with Crippen molar-refractivity contribution in [3.63, 3.8) is 0 Å². The van der Waals surface area contributed by atoms with Gasteiger partial charge in [0, 0.05) is 24.2 Å². The standard InChI is InChI=1S/C15H21NO4/c1-5-13(20-14(17)15(2,3)4)19-9-10-8-12-11(16-10)6-7-18-12/h6-8,13,16H,5,9H2,1-4H3. The predicted molar refractivity (Wildman–Crippen MR) is 75.0 cm³/mol. The molecule has 2 heterocycles. The molecule has 0 aliphatic heterocycles. The molecule has 0 aromatic carbocycles. The van der Waals surface area contributed by atoms with Crippen LogP contribution in [0.4, 0.5) is 0 Å². The summed E-state index contributed by atoms with van der Waals surface area (Å²) in [6.07, 6.45) is 1.71. The molecule has 2 rings (SSSR count). The van der Waals surface area contributed by atoms with Crippen LogP contribution in [0.3, 0.4) is 0 Å². The summed E-state index contributed by atoms with van der Waals surface area (Å²) >= 11 is 0. The second kappa shape index (κ2) is 5.71. The van der Waals surface area contributed by atoms with E-state index in [1.165, 1.54) is 0 Å². The number of furan rings is 1. The molecule has 1 N–H and O–H groups in total. The summed E-state index contributed by atoms with van der Waals surface area (Å²) in [6.45, 7) is 7.73. The molecule has 0 spiro atoms. The Morgan fingerprint density at radius 3 is 2.80 bits per heavy atom. The van der Waals surface area contributed by atoms with Crippen LogP contribution < -0.4 is 0 Å². The molecule has 5 nitrogen and oxygen atoms in total. The van der Waals surface area contributed by atoms with Crippen LogP contribution in [0.15, 0.2) is 22.8 Å². The first-order valence-electron chi connectivity index (χ1n) is 6.78. The third-order valence-corrected chi connectivity index (χ3v) is 2.90.